The van der Waals surface area contributed by atoms with Crippen molar-refractivity contribution in [1.82, 2.24) is 0 Å². The largest absolute Gasteiger partial charge is 0.266 e. The number of hydrogen-bond acceptors (Lipinski definition) is 3. The molecule has 2 aliphatic carbocycles. The zero-order chi connectivity index (χ0) is 11.5. The molecule has 0 aromatic rings. The van der Waals surface area contributed by atoms with Crippen LogP contribution in [0.3, 0.4) is 0 Å². The summed E-state index contributed by atoms with van der Waals surface area (Å²) in [4.78, 5) is 0. The van der Waals surface area contributed by atoms with Crippen LogP contribution in [0.5, 0.6) is 0 Å². The summed E-state index contributed by atoms with van der Waals surface area (Å²) >= 11 is 0. The molecule has 2 aliphatic rings. The van der Waals surface area contributed by atoms with Crippen LogP contribution >= 0.6 is 0 Å². The lowest BCUT2D eigenvalue weighted by Gasteiger charge is -2.38. The van der Waals surface area contributed by atoms with E-state index >= 15 is 0 Å². The Morgan fingerprint density at radius 2 is 1.87 bits per heavy atom. The lowest BCUT2D eigenvalue weighted by atomic mass is 9.70. The monoisotopic (exact) mass is 232 g/mol. The predicted molar refractivity (Wildman–Crippen MR) is 58.9 cm³/mol. The van der Waals surface area contributed by atoms with Crippen molar-refractivity contribution < 1.29 is 12.6 Å². The summed E-state index contributed by atoms with van der Waals surface area (Å²) in [5.41, 5.74) is 0.239. The van der Waals surface area contributed by atoms with Crippen molar-refractivity contribution in [2.45, 2.75) is 46.1 Å². The third-order valence-electron chi connectivity index (χ3n) is 5.00. The highest BCUT2D eigenvalue weighted by Gasteiger charge is 2.62. The van der Waals surface area contributed by atoms with Gasteiger partial charge in [-0.15, -0.1) is 0 Å². The highest BCUT2D eigenvalue weighted by Crippen LogP contribution is 2.66. The minimum absolute atomic E-state index is 0.0285. The Morgan fingerprint density at radius 1 is 1.27 bits per heavy atom. The Bertz CT molecular complexity index is 371. The van der Waals surface area contributed by atoms with Crippen LogP contribution in [0.1, 0.15) is 40.0 Å². The molecule has 0 aromatic heterocycles. The van der Waals surface area contributed by atoms with Crippen molar-refractivity contribution in [1.29, 1.82) is 0 Å². The minimum atomic E-state index is -3.32. The summed E-state index contributed by atoms with van der Waals surface area (Å²) in [5.74, 6) is 0.620. The summed E-state index contributed by atoms with van der Waals surface area (Å²) in [6.45, 7) is 6.67. The molecule has 0 radical (unpaired) electrons. The topological polar surface area (TPSA) is 43.4 Å². The molecule has 2 bridgehead atoms. The standard InChI is InChI=1S/C11H20O3S/c1-10(2)8-5-6-11(10,3)9(7-8)14-15(4,12)13/h8-9H,5-7H2,1-4H3. The Labute approximate surface area is 92.3 Å². The van der Waals surface area contributed by atoms with Gasteiger partial charge in [0.1, 0.15) is 0 Å². The summed E-state index contributed by atoms with van der Waals surface area (Å²) in [5, 5.41) is 0. The first-order valence-corrected chi connectivity index (χ1v) is 7.37. The molecule has 15 heavy (non-hydrogen) atoms. The van der Waals surface area contributed by atoms with Crippen LogP contribution in [0, 0.1) is 16.7 Å². The van der Waals surface area contributed by atoms with Crippen LogP contribution in [0.4, 0.5) is 0 Å². The maximum Gasteiger partial charge on any atom is 0.264 e. The zero-order valence-electron chi connectivity index (χ0n) is 9.91. The molecule has 0 heterocycles. The van der Waals surface area contributed by atoms with Gasteiger partial charge in [-0.25, -0.2) is 0 Å². The van der Waals surface area contributed by atoms with Crippen LogP contribution in [-0.4, -0.2) is 20.8 Å². The van der Waals surface area contributed by atoms with E-state index in [-0.39, 0.29) is 16.9 Å². The average Bonchev–Trinajstić information content (AvgIpc) is 2.34. The summed E-state index contributed by atoms with van der Waals surface area (Å²) < 4.78 is 27.6. The molecule has 3 atom stereocenters. The Hall–Kier alpha value is -0.0900. The van der Waals surface area contributed by atoms with Crippen LogP contribution < -0.4 is 0 Å². The molecule has 2 rings (SSSR count). The van der Waals surface area contributed by atoms with E-state index in [0.717, 1.165) is 19.1 Å². The van der Waals surface area contributed by atoms with Gasteiger partial charge in [-0.2, -0.15) is 8.42 Å². The average molecular weight is 232 g/mol. The third-order valence-corrected chi connectivity index (χ3v) is 5.59. The van der Waals surface area contributed by atoms with Gasteiger partial charge in [0.25, 0.3) is 10.1 Å². The van der Waals surface area contributed by atoms with Crippen LogP contribution in [0.2, 0.25) is 0 Å². The minimum Gasteiger partial charge on any atom is -0.266 e. The zero-order valence-corrected chi connectivity index (χ0v) is 10.7. The van der Waals surface area contributed by atoms with E-state index in [1.807, 2.05) is 0 Å². The molecule has 0 spiro atoms. The van der Waals surface area contributed by atoms with Gasteiger partial charge in [-0.05, 0) is 30.6 Å². The van der Waals surface area contributed by atoms with Crippen LogP contribution in [0.25, 0.3) is 0 Å². The summed E-state index contributed by atoms with van der Waals surface area (Å²) in [6, 6.07) is 0. The second kappa shape index (κ2) is 2.98. The highest BCUT2D eigenvalue weighted by molar-refractivity contribution is 7.86. The maximum absolute atomic E-state index is 11.2. The molecular weight excluding hydrogens is 212 g/mol. The lowest BCUT2D eigenvalue weighted by molar-refractivity contribution is 0.0352. The van der Waals surface area contributed by atoms with Gasteiger partial charge in [0.2, 0.25) is 0 Å². The van der Waals surface area contributed by atoms with Crippen molar-refractivity contribution in [3.05, 3.63) is 0 Å². The molecule has 0 N–H and O–H groups in total. The van der Waals surface area contributed by atoms with E-state index < -0.39 is 10.1 Å². The first kappa shape index (κ1) is 11.4. The molecule has 2 saturated carbocycles. The maximum atomic E-state index is 11.2. The quantitative estimate of drug-likeness (QED) is 0.685. The van der Waals surface area contributed by atoms with Crippen molar-refractivity contribution >= 4 is 10.1 Å². The lowest BCUT2D eigenvalue weighted by Crippen LogP contribution is -2.38. The molecule has 88 valence electrons. The van der Waals surface area contributed by atoms with E-state index in [1.165, 1.54) is 6.42 Å². The van der Waals surface area contributed by atoms with E-state index in [1.54, 1.807) is 0 Å². The van der Waals surface area contributed by atoms with E-state index in [4.69, 9.17) is 4.18 Å². The fraction of sp³-hybridized carbons (Fsp3) is 1.00. The SMILES string of the molecule is CC1(C)C2CCC1(C)C(OS(C)(=O)=O)C2. The number of hydrogen-bond donors (Lipinski definition) is 0. The smallest absolute Gasteiger partial charge is 0.264 e. The summed E-state index contributed by atoms with van der Waals surface area (Å²) in [6.07, 6.45) is 4.24. The fourth-order valence-electron chi connectivity index (χ4n) is 3.49. The van der Waals surface area contributed by atoms with Gasteiger partial charge >= 0.3 is 0 Å². The molecule has 0 saturated heterocycles. The van der Waals surface area contributed by atoms with Crippen molar-refractivity contribution in [2.24, 2.45) is 16.7 Å². The van der Waals surface area contributed by atoms with Crippen molar-refractivity contribution in [2.75, 3.05) is 6.26 Å². The van der Waals surface area contributed by atoms with E-state index in [0.29, 0.717) is 5.92 Å². The normalized spacial score (nSPS) is 43.5. The van der Waals surface area contributed by atoms with Crippen molar-refractivity contribution in [3.63, 3.8) is 0 Å². The van der Waals surface area contributed by atoms with Gasteiger partial charge in [0.05, 0.1) is 12.4 Å². The van der Waals surface area contributed by atoms with Crippen LogP contribution in [-0.2, 0) is 14.3 Å². The predicted octanol–water partition coefficient (Wildman–Crippen LogP) is 2.18. The van der Waals surface area contributed by atoms with E-state index in [9.17, 15) is 8.42 Å². The molecular formula is C11H20O3S. The molecule has 2 fully saturated rings. The first-order valence-electron chi connectivity index (χ1n) is 5.55. The highest BCUT2D eigenvalue weighted by atomic mass is 32.2. The number of fused-ring (bicyclic) bond motifs is 2. The molecule has 0 aliphatic heterocycles. The van der Waals surface area contributed by atoms with Gasteiger partial charge in [0.15, 0.2) is 0 Å². The van der Waals surface area contributed by atoms with Gasteiger partial charge < -0.3 is 0 Å². The molecule has 0 aromatic carbocycles. The Morgan fingerprint density at radius 3 is 2.20 bits per heavy atom. The molecule has 3 unspecified atom stereocenters. The Kier molecular flexibility index (Phi) is 2.26. The molecule has 0 amide bonds. The van der Waals surface area contributed by atoms with Gasteiger partial charge in [-0.3, -0.25) is 4.18 Å². The van der Waals surface area contributed by atoms with Gasteiger partial charge in [0, 0.05) is 5.41 Å². The number of rotatable bonds is 2. The Balaban J connectivity index is 2.27. The third kappa shape index (κ3) is 1.53. The fourth-order valence-corrected chi connectivity index (χ4v) is 4.20. The first-order chi connectivity index (χ1) is 6.67. The molecule has 4 heteroatoms. The van der Waals surface area contributed by atoms with Crippen molar-refractivity contribution in [3.8, 4) is 0 Å². The van der Waals surface area contributed by atoms with Gasteiger partial charge in [-0.1, -0.05) is 20.8 Å². The second-order valence-corrected chi connectivity index (χ2v) is 7.50. The van der Waals surface area contributed by atoms with Crippen LogP contribution in [0.15, 0.2) is 0 Å². The van der Waals surface area contributed by atoms with E-state index in [2.05, 4.69) is 20.8 Å². The molecule has 3 nitrogen and oxygen atoms in total. The second-order valence-electron chi connectivity index (χ2n) is 5.90. The summed E-state index contributed by atoms with van der Waals surface area (Å²) in [7, 11) is -3.32.